The van der Waals surface area contributed by atoms with Crippen molar-refractivity contribution in [3.05, 3.63) is 67.0 Å². The molecule has 4 aromatic rings. The Morgan fingerprint density at radius 3 is 2.54 bits per heavy atom. The fourth-order valence-corrected chi connectivity index (χ4v) is 4.65. The summed E-state index contributed by atoms with van der Waals surface area (Å²) in [6.07, 6.45) is 5.17. The fourth-order valence-electron chi connectivity index (χ4n) is 4.65. The van der Waals surface area contributed by atoms with Crippen LogP contribution in [0.3, 0.4) is 0 Å². The Balaban J connectivity index is 1.24. The van der Waals surface area contributed by atoms with Gasteiger partial charge in [0.15, 0.2) is 0 Å². The van der Waals surface area contributed by atoms with Crippen molar-refractivity contribution < 1.29 is 19.5 Å². The van der Waals surface area contributed by atoms with Crippen molar-refractivity contribution in [2.45, 2.75) is 18.9 Å². The summed E-state index contributed by atoms with van der Waals surface area (Å²) in [6, 6.07) is 16.3. The third-order valence-electron chi connectivity index (χ3n) is 6.74. The van der Waals surface area contributed by atoms with E-state index in [9.17, 15) is 10.0 Å². The highest BCUT2D eigenvalue weighted by Gasteiger charge is 2.22. The minimum atomic E-state index is -0.136. The second-order valence-electron chi connectivity index (χ2n) is 9.50. The third-order valence-corrected chi connectivity index (χ3v) is 6.74. The topological polar surface area (TPSA) is 125 Å². The van der Waals surface area contributed by atoms with Gasteiger partial charge in [0.05, 0.1) is 23.1 Å². The Morgan fingerprint density at radius 2 is 1.79 bits per heavy atom. The molecule has 39 heavy (non-hydrogen) atoms. The zero-order valence-electron chi connectivity index (χ0n) is 21.3. The molecule has 2 aliphatic rings. The van der Waals surface area contributed by atoms with Crippen molar-refractivity contribution in [3.63, 3.8) is 0 Å². The average Bonchev–Trinajstić information content (AvgIpc) is 3.51. The molecule has 3 N–H and O–H groups in total. The molecule has 0 bridgehead atoms. The van der Waals surface area contributed by atoms with Crippen LogP contribution in [0.4, 0.5) is 11.6 Å². The highest BCUT2D eigenvalue weighted by atomic mass is 16.5. The van der Waals surface area contributed by atoms with Crippen LogP contribution >= 0.6 is 0 Å². The first-order valence-corrected chi connectivity index (χ1v) is 13.0. The summed E-state index contributed by atoms with van der Waals surface area (Å²) in [6.45, 7) is 3.09. The number of fused-ring (bicyclic) bond motifs is 1. The van der Waals surface area contributed by atoms with Crippen LogP contribution in [0.2, 0.25) is 0 Å². The Morgan fingerprint density at radius 1 is 0.974 bits per heavy atom. The zero-order chi connectivity index (χ0) is 26.6. The Labute approximate surface area is 225 Å². The number of nitrogens with one attached hydrogen (secondary N) is 2. The highest BCUT2D eigenvalue weighted by molar-refractivity contribution is 5.95. The van der Waals surface area contributed by atoms with Crippen LogP contribution < -0.4 is 25.0 Å². The van der Waals surface area contributed by atoms with Gasteiger partial charge in [-0.25, -0.2) is 4.98 Å². The molecule has 2 saturated heterocycles. The number of carbonyl (C=O) groups is 1. The Hall–Kier alpha value is -4.32. The maximum absolute atomic E-state index is 12.4. The van der Waals surface area contributed by atoms with E-state index < -0.39 is 0 Å². The summed E-state index contributed by atoms with van der Waals surface area (Å²) in [5, 5.41) is 17.9. The van der Waals surface area contributed by atoms with Gasteiger partial charge in [-0.2, -0.15) is 10.0 Å². The van der Waals surface area contributed by atoms with E-state index in [-0.39, 0.29) is 11.9 Å². The predicted octanol–water partition coefficient (Wildman–Crippen LogP) is 3.81. The van der Waals surface area contributed by atoms with E-state index in [1.165, 1.54) is 5.06 Å². The number of nitrogens with zero attached hydrogens (tertiary/aromatic N) is 5. The van der Waals surface area contributed by atoms with Crippen molar-refractivity contribution in [1.29, 1.82) is 0 Å². The second-order valence-corrected chi connectivity index (χ2v) is 9.50. The summed E-state index contributed by atoms with van der Waals surface area (Å²) in [7, 11) is 0. The molecule has 1 amide bonds. The van der Waals surface area contributed by atoms with Crippen LogP contribution in [0.1, 0.15) is 12.8 Å². The van der Waals surface area contributed by atoms with E-state index in [4.69, 9.17) is 19.4 Å². The van der Waals surface area contributed by atoms with Gasteiger partial charge in [-0.3, -0.25) is 9.78 Å². The first kappa shape index (κ1) is 25.0. The molecule has 2 aromatic carbocycles. The minimum absolute atomic E-state index is 0.0190. The van der Waals surface area contributed by atoms with E-state index in [0.29, 0.717) is 66.2 Å². The third kappa shape index (κ3) is 5.90. The number of hydrogen-bond acceptors (Lipinski definition) is 10. The second kappa shape index (κ2) is 11.2. The number of carbonyl (C=O) groups excluding carboxylic acids is 1. The number of benzene rings is 2. The first-order valence-electron chi connectivity index (χ1n) is 13.0. The lowest BCUT2D eigenvalue weighted by Gasteiger charge is -2.31. The monoisotopic (exact) mass is 527 g/mol. The summed E-state index contributed by atoms with van der Waals surface area (Å²) in [5.41, 5.74) is 1.42. The molecule has 2 aliphatic heterocycles. The van der Waals surface area contributed by atoms with Gasteiger partial charge in [0.1, 0.15) is 17.2 Å². The molecule has 0 unspecified atom stereocenters. The summed E-state index contributed by atoms with van der Waals surface area (Å²) < 4.78 is 12.3. The average molecular weight is 528 g/mol. The number of aromatic nitrogens is 3. The quantitative estimate of drug-likeness (QED) is 0.327. The number of hydrogen-bond donors (Lipinski definition) is 3. The number of rotatable bonds is 7. The number of hydroxylamine groups is 2. The highest BCUT2D eigenvalue weighted by Crippen LogP contribution is 2.33. The van der Waals surface area contributed by atoms with Crippen molar-refractivity contribution >= 4 is 28.4 Å². The predicted molar refractivity (Wildman–Crippen MR) is 146 cm³/mol. The molecule has 0 aliphatic carbocycles. The number of amides is 1. The summed E-state index contributed by atoms with van der Waals surface area (Å²) in [4.78, 5) is 28.0. The lowest BCUT2D eigenvalue weighted by Crippen LogP contribution is -2.45. The molecule has 11 nitrogen and oxygen atoms in total. The van der Waals surface area contributed by atoms with Gasteiger partial charge in [0.25, 0.3) is 0 Å². The summed E-state index contributed by atoms with van der Waals surface area (Å²) in [5.74, 6) is 2.68. The number of piperazine rings is 1. The van der Waals surface area contributed by atoms with Crippen LogP contribution in [0.25, 0.3) is 10.9 Å². The molecule has 1 atom stereocenters. The maximum Gasteiger partial charge on any atom is 0.241 e. The van der Waals surface area contributed by atoms with Gasteiger partial charge in [0, 0.05) is 38.1 Å². The van der Waals surface area contributed by atoms with Gasteiger partial charge < -0.3 is 30.2 Å². The van der Waals surface area contributed by atoms with Crippen LogP contribution in [0.15, 0.2) is 67.0 Å². The molecule has 0 spiro atoms. The van der Waals surface area contributed by atoms with E-state index in [1.807, 2.05) is 53.4 Å². The van der Waals surface area contributed by atoms with Crippen LogP contribution in [-0.2, 0) is 4.79 Å². The number of pyridine rings is 1. The van der Waals surface area contributed by atoms with Gasteiger partial charge in [-0.15, -0.1) is 0 Å². The van der Waals surface area contributed by atoms with Crippen molar-refractivity contribution in [2.24, 2.45) is 0 Å². The van der Waals surface area contributed by atoms with Gasteiger partial charge in [0.2, 0.25) is 17.7 Å². The zero-order valence-corrected chi connectivity index (χ0v) is 21.3. The first-order chi connectivity index (χ1) is 19.1. The van der Waals surface area contributed by atoms with Crippen LogP contribution in [-0.4, -0.2) is 69.9 Å². The lowest BCUT2D eigenvalue weighted by molar-refractivity contribution is -0.117. The normalized spacial score (nSPS) is 17.8. The smallest absolute Gasteiger partial charge is 0.241 e. The summed E-state index contributed by atoms with van der Waals surface area (Å²) >= 11 is 0. The maximum atomic E-state index is 12.4. The molecular formula is C28H29N7O4. The standard InChI is InChI=1S/C28H29N7O4/c36-26(25-4-2-12-30-25)31-19-5-7-20(8-6-19)38-21-9-10-24-23(17-21)27(39-22-3-1-11-29-18-22)33-28(32-24)34-13-15-35(37)16-14-34/h1,3,5-11,17-18,25,30,37H,2,4,12-16H2,(H,31,36)/t25-/m0/s1. The van der Waals surface area contributed by atoms with Gasteiger partial charge in [-0.05, 0) is 74.0 Å². The van der Waals surface area contributed by atoms with Crippen molar-refractivity contribution in [2.75, 3.05) is 42.9 Å². The Bertz CT molecular complexity index is 1440. The van der Waals surface area contributed by atoms with Crippen molar-refractivity contribution in [3.8, 4) is 23.1 Å². The van der Waals surface area contributed by atoms with Gasteiger partial charge in [-0.1, -0.05) is 0 Å². The molecule has 2 aromatic heterocycles. The van der Waals surface area contributed by atoms with E-state index >= 15 is 0 Å². The van der Waals surface area contributed by atoms with E-state index in [2.05, 4.69) is 15.6 Å². The SMILES string of the molecule is O=C(Nc1ccc(Oc2ccc3nc(N4CCN(O)CC4)nc(Oc4cccnc4)c3c2)cc1)[C@@H]1CCCN1. The lowest BCUT2D eigenvalue weighted by atomic mass is 10.2. The molecule has 4 heterocycles. The molecule has 0 saturated carbocycles. The molecular weight excluding hydrogens is 498 g/mol. The van der Waals surface area contributed by atoms with E-state index in [0.717, 1.165) is 25.1 Å². The van der Waals surface area contributed by atoms with Crippen molar-refractivity contribution in [1.82, 2.24) is 25.3 Å². The Kier molecular flexibility index (Phi) is 7.17. The number of ether oxygens (including phenoxy) is 2. The molecule has 200 valence electrons. The number of anilines is 2. The largest absolute Gasteiger partial charge is 0.457 e. The molecule has 6 rings (SSSR count). The molecule has 0 radical (unpaired) electrons. The minimum Gasteiger partial charge on any atom is -0.457 e. The molecule has 2 fully saturated rings. The van der Waals surface area contributed by atoms with Crippen LogP contribution in [0.5, 0.6) is 23.1 Å². The van der Waals surface area contributed by atoms with E-state index in [1.54, 1.807) is 18.5 Å². The molecule has 11 heteroatoms. The van der Waals surface area contributed by atoms with Crippen LogP contribution in [0, 0.1) is 0 Å². The fraction of sp³-hybridized carbons (Fsp3) is 0.286. The van der Waals surface area contributed by atoms with Gasteiger partial charge >= 0.3 is 0 Å².